The van der Waals surface area contributed by atoms with Gasteiger partial charge in [-0.2, -0.15) is 5.26 Å². The van der Waals surface area contributed by atoms with Crippen molar-refractivity contribution in [3.63, 3.8) is 0 Å². The van der Waals surface area contributed by atoms with Crippen LogP contribution in [-0.4, -0.2) is 11.4 Å². The summed E-state index contributed by atoms with van der Waals surface area (Å²) in [5.41, 5.74) is 7.59. The van der Waals surface area contributed by atoms with E-state index in [9.17, 15) is 10.1 Å². The lowest BCUT2D eigenvalue weighted by molar-refractivity contribution is -0.118. The number of thiophene rings is 1. The molecule has 1 aromatic heterocycles. The molecule has 4 nitrogen and oxygen atoms in total. The first-order valence-corrected chi connectivity index (χ1v) is 7.56. The zero-order valence-corrected chi connectivity index (χ0v) is 11.6. The molecule has 1 aromatic rings. The first kappa shape index (κ1) is 12.6. The second-order valence-corrected chi connectivity index (χ2v) is 6.72. The van der Waals surface area contributed by atoms with Gasteiger partial charge in [-0.25, -0.2) is 0 Å². The summed E-state index contributed by atoms with van der Waals surface area (Å²) in [6, 6.07) is 2.24. The Balaban J connectivity index is 1.73. The normalized spacial score (nSPS) is 19.4. The van der Waals surface area contributed by atoms with Gasteiger partial charge in [-0.05, 0) is 44.1 Å². The van der Waals surface area contributed by atoms with Crippen molar-refractivity contribution in [1.29, 1.82) is 5.26 Å². The predicted molar refractivity (Wildman–Crippen MR) is 75.1 cm³/mol. The Kier molecular flexibility index (Phi) is 3.08. The summed E-state index contributed by atoms with van der Waals surface area (Å²) in [4.78, 5) is 13.3. The van der Waals surface area contributed by atoms with E-state index in [1.54, 1.807) is 11.3 Å². The van der Waals surface area contributed by atoms with Crippen LogP contribution in [0.15, 0.2) is 0 Å². The number of carbonyl (C=O) groups is 1. The monoisotopic (exact) mass is 275 g/mol. The molecule has 0 atom stereocenters. The highest BCUT2D eigenvalue weighted by molar-refractivity contribution is 7.16. The number of aryl methyl sites for hydroxylation is 1. The van der Waals surface area contributed by atoms with E-state index in [2.05, 4.69) is 11.4 Å². The van der Waals surface area contributed by atoms with Crippen LogP contribution in [0.5, 0.6) is 0 Å². The molecule has 1 saturated carbocycles. The minimum Gasteiger partial charge on any atom is -0.325 e. The minimum atomic E-state index is -0.309. The Hall–Kier alpha value is -1.38. The zero-order chi connectivity index (χ0) is 13.5. The van der Waals surface area contributed by atoms with Crippen molar-refractivity contribution in [1.82, 2.24) is 0 Å². The number of nitrogens with two attached hydrogens (primary N) is 1. The number of nitrogens with zero attached hydrogens (tertiary/aromatic N) is 1. The average Bonchev–Trinajstić information content (AvgIpc) is 2.86. The third-order valence-electron chi connectivity index (χ3n) is 4.15. The van der Waals surface area contributed by atoms with Gasteiger partial charge in [0.2, 0.25) is 5.91 Å². The lowest BCUT2D eigenvalue weighted by atomic mass is 9.75. The molecule has 0 spiro atoms. The Morgan fingerprint density at radius 1 is 1.42 bits per heavy atom. The molecule has 0 bridgehead atoms. The molecule has 1 fully saturated rings. The van der Waals surface area contributed by atoms with Gasteiger partial charge in [0.25, 0.3) is 0 Å². The molecule has 1 amide bonds. The number of hydrogen-bond acceptors (Lipinski definition) is 4. The van der Waals surface area contributed by atoms with Crippen molar-refractivity contribution in [3.05, 3.63) is 16.0 Å². The maximum absolute atomic E-state index is 12.0. The number of anilines is 1. The highest BCUT2D eigenvalue weighted by Gasteiger charge is 2.35. The molecule has 1 heterocycles. The summed E-state index contributed by atoms with van der Waals surface area (Å²) in [6.07, 6.45) is 6.44. The van der Waals surface area contributed by atoms with Gasteiger partial charge in [0.15, 0.2) is 0 Å². The summed E-state index contributed by atoms with van der Waals surface area (Å²) in [5, 5.41) is 12.9. The van der Waals surface area contributed by atoms with Crippen molar-refractivity contribution in [2.75, 3.05) is 5.32 Å². The molecule has 2 aliphatic rings. The molecule has 5 heteroatoms. The van der Waals surface area contributed by atoms with Crippen LogP contribution < -0.4 is 11.1 Å². The van der Waals surface area contributed by atoms with Crippen LogP contribution in [0.4, 0.5) is 5.00 Å². The number of nitriles is 1. The number of hydrogen-bond donors (Lipinski definition) is 2. The Morgan fingerprint density at radius 3 is 2.84 bits per heavy atom. The molecule has 3 rings (SSSR count). The Labute approximate surface area is 116 Å². The third kappa shape index (κ3) is 2.26. The fraction of sp³-hybridized carbons (Fsp3) is 0.571. The molecule has 0 aromatic carbocycles. The molecular weight excluding hydrogens is 258 g/mol. The molecule has 0 unspecified atom stereocenters. The smallest absolute Gasteiger partial charge is 0.226 e. The largest absolute Gasteiger partial charge is 0.325 e. The highest BCUT2D eigenvalue weighted by atomic mass is 32.1. The van der Waals surface area contributed by atoms with E-state index >= 15 is 0 Å². The lowest BCUT2D eigenvalue weighted by Crippen LogP contribution is -2.48. The summed E-state index contributed by atoms with van der Waals surface area (Å²) in [7, 11) is 0. The first-order chi connectivity index (χ1) is 9.11. The van der Waals surface area contributed by atoms with Gasteiger partial charge in [-0.15, -0.1) is 11.3 Å². The van der Waals surface area contributed by atoms with Gasteiger partial charge in [0.05, 0.1) is 5.56 Å². The van der Waals surface area contributed by atoms with E-state index in [1.165, 1.54) is 4.88 Å². The summed E-state index contributed by atoms with van der Waals surface area (Å²) < 4.78 is 0. The number of nitrogens with one attached hydrogen (secondary N) is 1. The van der Waals surface area contributed by atoms with Gasteiger partial charge < -0.3 is 11.1 Å². The maximum Gasteiger partial charge on any atom is 0.226 e. The highest BCUT2D eigenvalue weighted by Crippen LogP contribution is 2.39. The van der Waals surface area contributed by atoms with Crippen LogP contribution in [-0.2, 0) is 17.6 Å². The summed E-state index contributed by atoms with van der Waals surface area (Å²) >= 11 is 1.56. The quantitative estimate of drug-likeness (QED) is 0.888. The van der Waals surface area contributed by atoms with Crippen molar-refractivity contribution in [2.45, 2.75) is 50.5 Å². The van der Waals surface area contributed by atoms with E-state index in [1.807, 2.05) is 0 Å². The van der Waals surface area contributed by atoms with Gasteiger partial charge in [0, 0.05) is 16.8 Å². The molecule has 0 saturated heterocycles. The zero-order valence-electron chi connectivity index (χ0n) is 10.8. The Morgan fingerprint density at radius 2 is 2.21 bits per heavy atom. The predicted octanol–water partition coefficient (Wildman–Crippen LogP) is 2.32. The maximum atomic E-state index is 12.0. The van der Waals surface area contributed by atoms with E-state index in [-0.39, 0.29) is 11.4 Å². The molecule has 2 aliphatic carbocycles. The average molecular weight is 275 g/mol. The fourth-order valence-electron chi connectivity index (χ4n) is 2.91. The summed E-state index contributed by atoms with van der Waals surface area (Å²) in [6.45, 7) is 0. The van der Waals surface area contributed by atoms with E-state index in [0.717, 1.165) is 49.1 Å². The minimum absolute atomic E-state index is 0.0568. The second kappa shape index (κ2) is 4.62. The standard InChI is InChI=1S/C14H17N3OS/c15-8-10-9-3-1-4-11(9)19-13(10)17-12(18)7-14(16)5-2-6-14/h1-7,16H2,(H,17,18). The van der Waals surface area contributed by atoms with Crippen molar-refractivity contribution in [2.24, 2.45) is 5.73 Å². The number of carbonyl (C=O) groups excluding carboxylic acids is 1. The van der Waals surface area contributed by atoms with Gasteiger partial charge in [-0.3, -0.25) is 4.79 Å². The molecule has 0 aliphatic heterocycles. The van der Waals surface area contributed by atoms with E-state index in [0.29, 0.717) is 12.0 Å². The number of amides is 1. The van der Waals surface area contributed by atoms with Crippen LogP contribution in [0.25, 0.3) is 0 Å². The second-order valence-electron chi connectivity index (χ2n) is 5.61. The van der Waals surface area contributed by atoms with Gasteiger partial charge >= 0.3 is 0 Å². The van der Waals surface area contributed by atoms with Gasteiger partial charge in [-0.1, -0.05) is 0 Å². The van der Waals surface area contributed by atoms with Gasteiger partial charge in [0.1, 0.15) is 11.1 Å². The summed E-state index contributed by atoms with van der Waals surface area (Å²) in [5.74, 6) is -0.0568. The SMILES string of the molecule is N#Cc1c(NC(=O)CC2(N)CCC2)sc2c1CCC2. The molecule has 100 valence electrons. The van der Waals surface area contributed by atoms with Crippen molar-refractivity contribution >= 4 is 22.2 Å². The fourth-order valence-corrected chi connectivity index (χ4v) is 4.16. The van der Waals surface area contributed by atoms with Crippen LogP contribution in [0.2, 0.25) is 0 Å². The van der Waals surface area contributed by atoms with Crippen LogP contribution >= 0.6 is 11.3 Å². The van der Waals surface area contributed by atoms with E-state index < -0.39 is 0 Å². The molecule has 0 radical (unpaired) electrons. The number of fused-ring (bicyclic) bond motifs is 1. The Bertz CT molecular complexity index is 566. The molecular formula is C14H17N3OS. The lowest BCUT2D eigenvalue weighted by Gasteiger charge is -2.37. The van der Waals surface area contributed by atoms with Crippen LogP contribution in [0.1, 0.15) is 48.1 Å². The number of rotatable bonds is 3. The van der Waals surface area contributed by atoms with Crippen LogP contribution in [0.3, 0.4) is 0 Å². The molecule has 19 heavy (non-hydrogen) atoms. The van der Waals surface area contributed by atoms with Crippen molar-refractivity contribution in [3.8, 4) is 6.07 Å². The van der Waals surface area contributed by atoms with Crippen LogP contribution in [0, 0.1) is 11.3 Å². The van der Waals surface area contributed by atoms with E-state index in [4.69, 9.17) is 5.73 Å². The first-order valence-electron chi connectivity index (χ1n) is 6.75. The topological polar surface area (TPSA) is 78.9 Å². The third-order valence-corrected chi connectivity index (χ3v) is 5.36. The van der Waals surface area contributed by atoms with Crippen molar-refractivity contribution < 1.29 is 4.79 Å². The molecule has 3 N–H and O–H groups in total.